The summed E-state index contributed by atoms with van der Waals surface area (Å²) in [6.07, 6.45) is 3.98. The average molecular weight is 303 g/mol. The van der Waals surface area contributed by atoms with Crippen LogP contribution in [0.4, 0.5) is 5.69 Å². The van der Waals surface area contributed by atoms with Crippen molar-refractivity contribution in [2.45, 2.75) is 25.4 Å². The summed E-state index contributed by atoms with van der Waals surface area (Å²) in [4.78, 5) is 16.1. The molecule has 2 aromatic rings. The van der Waals surface area contributed by atoms with E-state index in [1.807, 2.05) is 18.2 Å². The molecule has 0 radical (unpaired) electrons. The number of hydrogen-bond acceptors (Lipinski definition) is 4. The van der Waals surface area contributed by atoms with E-state index in [4.69, 9.17) is 22.1 Å². The van der Waals surface area contributed by atoms with Crippen LogP contribution in [-0.2, 0) is 11.2 Å². The third-order valence-electron chi connectivity index (χ3n) is 3.69. The molecule has 0 aliphatic heterocycles. The minimum absolute atomic E-state index is 0.222. The van der Waals surface area contributed by atoms with Gasteiger partial charge in [-0.15, -0.1) is 0 Å². The molecule has 1 aliphatic rings. The predicted octanol–water partition coefficient (Wildman–Crippen LogP) is 3.55. The zero-order chi connectivity index (χ0) is 14.8. The number of benzene rings is 1. The van der Waals surface area contributed by atoms with E-state index in [-0.39, 0.29) is 22.5 Å². The molecule has 1 aromatic carbocycles. The van der Waals surface area contributed by atoms with Gasteiger partial charge < -0.3 is 10.5 Å². The van der Waals surface area contributed by atoms with Crippen LogP contribution in [0.1, 0.15) is 40.4 Å². The van der Waals surface area contributed by atoms with Gasteiger partial charge in [-0.2, -0.15) is 0 Å². The van der Waals surface area contributed by atoms with Crippen molar-refractivity contribution in [2.24, 2.45) is 0 Å². The molecule has 0 amide bonds. The van der Waals surface area contributed by atoms with Crippen LogP contribution in [0.25, 0.3) is 0 Å². The summed E-state index contributed by atoms with van der Waals surface area (Å²) in [7, 11) is 0. The Labute approximate surface area is 127 Å². The van der Waals surface area contributed by atoms with Gasteiger partial charge in [0.15, 0.2) is 0 Å². The molecule has 0 spiro atoms. The van der Waals surface area contributed by atoms with Gasteiger partial charge in [0, 0.05) is 0 Å². The van der Waals surface area contributed by atoms with Gasteiger partial charge in [0.05, 0.1) is 17.4 Å². The number of aryl methyl sites for hydroxylation is 1. The number of carbonyl (C=O) groups is 1. The maximum Gasteiger partial charge on any atom is 0.341 e. The van der Waals surface area contributed by atoms with Gasteiger partial charge in [0.2, 0.25) is 0 Å². The van der Waals surface area contributed by atoms with Crippen LogP contribution in [0.3, 0.4) is 0 Å². The van der Waals surface area contributed by atoms with E-state index in [0.717, 1.165) is 24.8 Å². The zero-order valence-corrected chi connectivity index (χ0v) is 12.1. The first-order valence-corrected chi connectivity index (χ1v) is 7.23. The molecule has 1 atom stereocenters. The Morgan fingerprint density at radius 1 is 1.38 bits per heavy atom. The van der Waals surface area contributed by atoms with Crippen LogP contribution >= 0.6 is 11.6 Å². The van der Waals surface area contributed by atoms with E-state index in [1.165, 1.54) is 17.8 Å². The van der Waals surface area contributed by atoms with Crippen LogP contribution in [0.5, 0.6) is 0 Å². The second-order valence-corrected chi connectivity index (χ2v) is 5.47. The lowest BCUT2D eigenvalue weighted by Gasteiger charge is -2.25. The number of hydrogen-bond donors (Lipinski definition) is 1. The lowest BCUT2D eigenvalue weighted by Crippen LogP contribution is -2.17. The molecular formula is C16H15ClN2O2. The molecule has 1 aromatic heterocycles. The predicted molar refractivity (Wildman–Crippen MR) is 81.2 cm³/mol. The summed E-state index contributed by atoms with van der Waals surface area (Å²) in [6.45, 7) is 0. The first-order chi connectivity index (χ1) is 10.1. The second-order valence-electron chi connectivity index (χ2n) is 5.08. The maximum atomic E-state index is 12.3. The number of anilines is 1. The largest absolute Gasteiger partial charge is 0.454 e. The molecule has 1 unspecified atom stereocenters. The van der Waals surface area contributed by atoms with E-state index in [1.54, 1.807) is 0 Å². The molecule has 0 saturated carbocycles. The van der Waals surface area contributed by atoms with Gasteiger partial charge in [0.25, 0.3) is 0 Å². The van der Waals surface area contributed by atoms with Crippen molar-refractivity contribution < 1.29 is 9.53 Å². The minimum Gasteiger partial charge on any atom is -0.454 e. The molecular weight excluding hydrogens is 288 g/mol. The average Bonchev–Trinajstić information content (AvgIpc) is 2.50. The summed E-state index contributed by atoms with van der Waals surface area (Å²) in [5, 5.41) is 0.222. The van der Waals surface area contributed by atoms with Crippen LogP contribution < -0.4 is 5.73 Å². The Morgan fingerprint density at radius 2 is 2.19 bits per heavy atom. The van der Waals surface area contributed by atoms with E-state index in [0.29, 0.717) is 0 Å². The van der Waals surface area contributed by atoms with Crippen LogP contribution in [0, 0.1) is 0 Å². The van der Waals surface area contributed by atoms with Gasteiger partial charge in [-0.05, 0) is 36.5 Å². The van der Waals surface area contributed by atoms with E-state index in [9.17, 15) is 4.79 Å². The smallest absolute Gasteiger partial charge is 0.341 e. The Bertz CT molecular complexity index is 688. The number of carbonyl (C=O) groups excluding carboxylic acids is 1. The summed E-state index contributed by atoms with van der Waals surface area (Å²) in [5.74, 6) is -0.460. The standard InChI is InChI=1S/C16H15ClN2O2/c17-15-8-12(13(18)9-19-15)16(20)21-14-7-3-5-10-4-1-2-6-11(10)14/h1-2,4,6,8-9,14H,3,5,7,18H2. The molecule has 0 fully saturated rings. The molecule has 0 bridgehead atoms. The Balaban J connectivity index is 1.84. The topological polar surface area (TPSA) is 65.2 Å². The highest BCUT2D eigenvalue weighted by Crippen LogP contribution is 2.33. The molecule has 3 rings (SSSR count). The van der Waals surface area contributed by atoms with Crippen molar-refractivity contribution in [3.05, 3.63) is 58.4 Å². The van der Waals surface area contributed by atoms with Crippen LogP contribution in [0.15, 0.2) is 36.5 Å². The van der Waals surface area contributed by atoms with Gasteiger partial charge >= 0.3 is 5.97 Å². The number of nitrogens with two attached hydrogens (primary N) is 1. The van der Waals surface area contributed by atoms with Gasteiger partial charge in [0.1, 0.15) is 11.3 Å². The van der Waals surface area contributed by atoms with E-state index < -0.39 is 5.97 Å². The highest BCUT2D eigenvalue weighted by Gasteiger charge is 2.24. The van der Waals surface area contributed by atoms with Gasteiger partial charge in [-0.25, -0.2) is 9.78 Å². The fourth-order valence-electron chi connectivity index (χ4n) is 2.64. The number of aromatic nitrogens is 1. The Kier molecular flexibility index (Phi) is 3.80. The molecule has 5 heteroatoms. The quantitative estimate of drug-likeness (QED) is 0.680. The van der Waals surface area contributed by atoms with Gasteiger partial charge in [-0.3, -0.25) is 0 Å². The summed E-state index contributed by atoms with van der Waals surface area (Å²) in [5.41, 5.74) is 8.62. The van der Waals surface area contributed by atoms with Crippen molar-refractivity contribution in [3.63, 3.8) is 0 Å². The number of pyridine rings is 1. The van der Waals surface area contributed by atoms with E-state index in [2.05, 4.69) is 11.1 Å². The SMILES string of the molecule is Nc1cnc(Cl)cc1C(=O)OC1CCCc2ccccc21. The summed E-state index contributed by atoms with van der Waals surface area (Å²) in [6, 6.07) is 9.49. The molecule has 1 aliphatic carbocycles. The first kappa shape index (κ1) is 13.9. The monoisotopic (exact) mass is 302 g/mol. The highest BCUT2D eigenvalue weighted by atomic mass is 35.5. The van der Waals surface area contributed by atoms with Crippen molar-refractivity contribution >= 4 is 23.3 Å². The lowest BCUT2D eigenvalue weighted by atomic mass is 9.89. The minimum atomic E-state index is -0.460. The van der Waals surface area contributed by atoms with Crippen molar-refractivity contribution in [3.8, 4) is 0 Å². The fraction of sp³-hybridized carbons (Fsp3) is 0.250. The summed E-state index contributed by atoms with van der Waals surface area (Å²) < 4.78 is 5.63. The number of fused-ring (bicyclic) bond motifs is 1. The number of esters is 1. The zero-order valence-electron chi connectivity index (χ0n) is 11.4. The number of nitrogen functional groups attached to an aromatic ring is 1. The molecule has 4 nitrogen and oxygen atoms in total. The Morgan fingerprint density at radius 3 is 3.05 bits per heavy atom. The molecule has 1 heterocycles. The van der Waals surface area contributed by atoms with Crippen molar-refractivity contribution in [1.29, 1.82) is 0 Å². The third-order valence-corrected chi connectivity index (χ3v) is 3.89. The number of halogens is 1. The maximum absolute atomic E-state index is 12.3. The van der Waals surface area contributed by atoms with Gasteiger partial charge in [-0.1, -0.05) is 35.9 Å². The van der Waals surface area contributed by atoms with E-state index >= 15 is 0 Å². The molecule has 108 valence electrons. The fourth-order valence-corrected chi connectivity index (χ4v) is 2.80. The molecule has 0 saturated heterocycles. The molecule has 2 N–H and O–H groups in total. The van der Waals surface area contributed by atoms with Crippen LogP contribution in [-0.4, -0.2) is 11.0 Å². The second kappa shape index (κ2) is 5.74. The number of nitrogens with zero attached hydrogens (tertiary/aromatic N) is 1. The number of rotatable bonds is 2. The summed E-state index contributed by atoms with van der Waals surface area (Å²) >= 11 is 5.81. The van der Waals surface area contributed by atoms with Crippen molar-refractivity contribution in [2.75, 3.05) is 5.73 Å². The first-order valence-electron chi connectivity index (χ1n) is 6.85. The normalized spacial score (nSPS) is 17.1. The molecule has 21 heavy (non-hydrogen) atoms. The number of ether oxygens (including phenoxy) is 1. The Hall–Kier alpha value is -2.07. The van der Waals surface area contributed by atoms with Crippen molar-refractivity contribution in [1.82, 2.24) is 4.98 Å². The third kappa shape index (κ3) is 2.85. The lowest BCUT2D eigenvalue weighted by molar-refractivity contribution is 0.0257. The highest BCUT2D eigenvalue weighted by molar-refractivity contribution is 6.29. The van der Waals surface area contributed by atoms with Crippen LogP contribution in [0.2, 0.25) is 5.15 Å².